The third-order valence-corrected chi connectivity index (χ3v) is 3.85. The van der Waals surface area contributed by atoms with Gasteiger partial charge in [-0.15, -0.1) is 0 Å². The minimum Gasteiger partial charge on any atom is -0.467 e. The van der Waals surface area contributed by atoms with Crippen LogP contribution in [-0.2, 0) is 6.54 Å². The van der Waals surface area contributed by atoms with E-state index in [1.807, 2.05) is 18.2 Å². The molecule has 0 spiro atoms. The van der Waals surface area contributed by atoms with Crippen LogP contribution in [0.15, 0.2) is 41.1 Å². The third kappa shape index (κ3) is 3.46. The van der Waals surface area contributed by atoms with Crippen LogP contribution >= 0.6 is 0 Å². The first-order chi connectivity index (χ1) is 10.7. The molecule has 116 valence electrons. The summed E-state index contributed by atoms with van der Waals surface area (Å²) in [4.78, 5) is 20.9. The number of hydrogen-bond donors (Lipinski definition) is 1. The van der Waals surface area contributed by atoms with Crippen LogP contribution in [-0.4, -0.2) is 49.0 Å². The Hall–Kier alpha value is -2.34. The highest BCUT2D eigenvalue weighted by Gasteiger charge is 2.16. The smallest absolute Gasteiger partial charge is 0.270 e. The van der Waals surface area contributed by atoms with Crippen molar-refractivity contribution in [3.8, 4) is 0 Å². The van der Waals surface area contributed by atoms with Crippen LogP contribution in [0.2, 0.25) is 0 Å². The fraction of sp³-hybridized carbons (Fsp3) is 0.375. The molecule has 3 rings (SSSR count). The van der Waals surface area contributed by atoms with Crippen molar-refractivity contribution in [2.24, 2.45) is 0 Å². The van der Waals surface area contributed by atoms with Gasteiger partial charge in [0.25, 0.3) is 5.91 Å². The zero-order chi connectivity index (χ0) is 15.4. The van der Waals surface area contributed by atoms with E-state index >= 15 is 0 Å². The quantitative estimate of drug-likeness (QED) is 0.923. The predicted molar refractivity (Wildman–Crippen MR) is 83.8 cm³/mol. The Balaban J connectivity index is 1.64. The van der Waals surface area contributed by atoms with Crippen molar-refractivity contribution in [3.63, 3.8) is 0 Å². The number of aromatic nitrogens is 1. The lowest BCUT2D eigenvalue weighted by Gasteiger charge is -2.34. The Kier molecular flexibility index (Phi) is 4.39. The highest BCUT2D eigenvalue weighted by atomic mass is 16.3. The highest BCUT2D eigenvalue weighted by molar-refractivity contribution is 5.93. The first-order valence-electron chi connectivity index (χ1n) is 7.42. The van der Waals surface area contributed by atoms with Crippen LogP contribution in [0.1, 0.15) is 16.2 Å². The first kappa shape index (κ1) is 14.6. The number of hydrogen-bond acceptors (Lipinski definition) is 5. The molecule has 6 nitrogen and oxygen atoms in total. The van der Waals surface area contributed by atoms with E-state index in [4.69, 9.17) is 4.42 Å². The summed E-state index contributed by atoms with van der Waals surface area (Å²) in [5.41, 5.74) is 1.48. The summed E-state index contributed by atoms with van der Waals surface area (Å²) in [5.74, 6) is 0.538. The Morgan fingerprint density at radius 2 is 2.14 bits per heavy atom. The summed E-state index contributed by atoms with van der Waals surface area (Å²) >= 11 is 0. The molecule has 0 radical (unpaired) electrons. The Morgan fingerprint density at radius 1 is 1.32 bits per heavy atom. The van der Waals surface area contributed by atoms with Crippen molar-refractivity contribution in [1.29, 1.82) is 0 Å². The third-order valence-electron chi connectivity index (χ3n) is 3.85. The number of piperazine rings is 1. The monoisotopic (exact) mass is 300 g/mol. The van der Waals surface area contributed by atoms with Crippen molar-refractivity contribution in [2.45, 2.75) is 6.54 Å². The van der Waals surface area contributed by atoms with E-state index in [-0.39, 0.29) is 5.91 Å². The van der Waals surface area contributed by atoms with E-state index in [0.29, 0.717) is 12.2 Å². The number of carbonyl (C=O) groups excluding carboxylic acids is 1. The normalized spacial score (nSPS) is 15.8. The maximum absolute atomic E-state index is 12.2. The van der Waals surface area contributed by atoms with E-state index in [9.17, 15) is 4.79 Å². The van der Waals surface area contributed by atoms with Crippen LogP contribution in [0, 0.1) is 0 Å². The summed E-state index contributed by atoms with van der Waals surface area (Å²) in [7, 11) is 2.12. The van der Waals surface area contributed by atoms with Gasteiger partial charge in [0.1, 0.15) is 11.5 Å². The molecule has 1 fully saturated rings. The van der Waals surface area contributed by atoms with Crippen LogP contribution in [0.3, 0.4) is 0 Å². The van der Waals surface area contributed by atoms with Gasteiger partial charge in [-0.2, -0.15) is 0 Å². The maximum atomic E-state index is 12.2. The van der Waals surface area contributed by atoms with Gasteiger partial charge in [0.05, 0.1) is 12.8 Å². The van der Waals surface area contributed by atoms with E-state index in [1.54, 1.807) is 18.5 Å². The second-order valence-electron chi connectivity index (χ2n) is 5.45. The topological polar surface area (TPSA) is 61.6 Å². The van der Waals surface area contributed by atoms with E-state index < -0.39 is 0 Å². The Labute approximate surface area is 129 Å². The summed E-state index contributed by atoms with van der Waals surface area (Å²) in [6.45, 7) is 4.36. The van der Waals surface area contributed by atoms with Crippen molar-refractivity contribution in [2.75, 3.05) is 38.1 Å². The zero-order valence-corrected chi connectivity index (χ0v) is 12.7. The van der Waals surface area contributed by atoms with Crippen molar-refractivity contribution in [3.05, 3.63) is 48.2 Å². The molecular formula is C16H20N4O2. The molecule has 0 bridgehead atoms. The number of pyridine rings is 1. The first-order valence-corrected chi connectivity index (χ1v) is 7.42. The fourth-order valence-electron chi connectivity index (χ4n) is 2.48. The summed E-state index contributed by atoms with van der Waals surface area (Å²) in [6, 6.07) is 7.43. The van der Waals surface area contributed by atoms with Gasteiger partial charge in [-0.25, -0.2) is 0 Å². The average molecular weight is 300 g/mol. The molecule has 3 heterocycles. The molecule has 1 saturated heterocycles. The molecule has 6 heteroatoms. The van der Waals surface area contributed by atoms with Crippen molar-refractivity contribution >= 4 is 11.6 Å². The predicted octanol–water partition coefficient (Wildman–Crippen LogP) is 1.36. The molecule has 2 aromatic heterocycles. The largest absolute Gasteiger partial charge is 0.467 e. The van der Waals surface area contributed by atoms with Gasteiger partial charge in [0, 0.05) is 38.1 Å². The summed E-state index contributed by atoms with van der Waals surface area (Å²) < 4.78 is 5.20. The molecular weight excluding hydrogens is 280 g/mol. The van der Waals surface area contributed by atoms with E-state index in [2.05, 4.69) is 27.1 Å². The summed E-state index contributed by atoms with van der Waals surface area (Å²) in [5, 5.41) is 2.82. The second kappa shape index (κ2) is 6.62. The molecule has 0 aliphatic carbocycles. The van der Waals surface area contributed by atoms with E-state index in [1.165, 1.54) is 0 Å². The molecule has 1 N–H and O–H groups in total. The van der Waals surface area contributed by atoms with Gasteiger partial charge < -0.3 is 19.5 Å². The molecule has 0 unspecified atom stereocenters. The van der Waals surface area contributed by atoms with E-state index in [0.717, 1.165) is 37.6 Å². The second-order valence-corrected chi connectivity index (χ2v) is 5.45. The SMILES string of the molecule is CN1CCN(c2ccnc(C(=O)NCc3ccco3)c2)CC1. The van der Waals surface area contributed by atoms with Crippen LogP contribution in [0.25, 0.3) is 0 Å². The number of carbonyl (C=O) groups is 1. The van der Waals surface area contributed by atoms with Crippen molar-refractivity contribution < 1.29 is 9.21 Å². The lowest BCUT2D eigenvalue weighted by molar-refractivity contribution is 0.0943. The lowest BCUT2D eigenvalue weighted by atomic mass is 10.2. The molecule has 1 aliphatic heterocycles. The van der Waals surface area contributed by atoms with Gasteiger partial charge in [0.15, 0.2) is 0 Å². The number of furan rings is 1. The maximum Gasteiger partial charge on any atom is 0.270 e. The number of amides is 1. The molecule has 22 heavy (non-hydrogen) atoms. The van der Waals surface area contributed by atoms with Crippen LogP contribution < -0.4 is 10.2 Å². The minimum absolute atomic E-state index is 0.188. The van der Waals surface area contributed by atoms with Gasteiger partial charge in [-0.05, 0) is 31.3 Å². The number of likely N-dealkylation sites (N-methyl/N-ethyl adjacent to an activating group) is 1. The highest BCUT2D eigenvalue weighted by Crippen LogP contribution is 2.16. The number of nitrogens with one attached hydrogen (secondary N) is 1. The van der Waals surface area contributed by atoms with Crippen LogP contribution in [0.4, 0.5) is 5.69 Å². The Bertz CT molecular complexity index is 619. The molecule has 2 aromatic rings. The summed E-state index contributed by atoms with van der Waals surface area (Å²) in [6.07, 6.45) is 3.28. The van der Waals surface area contributed by atoms with Gasteiger partial charge >= 0.3 is 0 Å². The zero-order valence-electron chi connectivity index (χ0n) is 12.7. The fourth-order valence-corrected chi connectivity index (χ4v) is 2.48. The number of nitrogens with zero attached hydrogens (tertiary/aromatic N) is 3. The van der Waals surface area contributed by atoms with Crippen molar-refractivity contribution in [1.82, 2.24) is 15.2 Å². The molecule has 1 aliphatic rings. The number of anilines is 1. The van der Waals surface area contributed by atoms with Gasteiger partial charge in [0.2, 0.25) is 0 Å². The van der Waals surface area contributed by atoms with Crippen LogP contribution in [0.5, 0.6) is 0 Å². The van der Waals surface area contributed by atoms with Gasteiger partial charge in [-0.3, -0.25) is 9.78 Å². The standard InChI is InChI=1S/C16H20N4O2/c1-19-6-8-20(9-7-19)13-4-5-17-15(11-13)16(21)18-12-14-3-2-10-22-14/h2-5,10-11H,6-9,12H2,1H3,(H,18,21). The molecule has 0 atom stereocenters. The number of rotatable bonds is 4. The lowest BCUT2D eigenvalue weighted by Crippen LogP contribution is -2.44. The Morgan fingerprint density at radius 3 is 2.86 bits per heavy atom. The minimum atomic E-state index is -0.188. The molecule has 1 amide bonds. The molecule has 0 aromatic carbocycles. The van der Waals surface area contributed by atoms with Gasteiger partial charge in [-0.1, -0.05) is 0 Å². The molecule has 0 saturated carbocycles. The average Bonchev–Trinajstić information content (AvgIpc) is 3.07.